The van der Waals surface area contributed by atoms with E-state index >= 15 is 0 Å². The lowest BCUT2D eigenvalue weighted by Gasteiger charge is -2.12. The average molecular weight is 301 g/mol. The number of methoxy groups -OCH3 is 1. The monoisotopic (exact) mass is 301 g/mol. The second kappa shape index (κ2) is 6.04. The Morgan fingerprint density at radius 1 is 1.33 bits per heavy atom. The molecule has 8 heteroatoms. The van der Waals surface area contributed by atoms with Gasteiger partial charge in [-0.15, -0.1) is 13.2 Å². The summed E-state index contributed by atoms with van der Waals surface area (Å²) in [5, 5.41) is 4.11. The first-order chi connectivity index (χ1) is 9.93. The van der Waals surface area contributed by atoms with E-state index in [2.05, 4.69) is 9.84 Å². The molecule has 1 aromatic carbocycles. The summed E-state index contributed by atoms with van der Waals surface area (Å²) in [6, 6.07) is 3.90. The van der Waals surface area contributed by atoms with Crippen molar-refractivity contribution < 1.29 is 22.6 Å². The van der Waals surface area contributed by atoms with E-state index in [-0.39, 0.29) is 11.5 Å². The average Bonchev–Trinajstić information content (AvgIpc) is 2.85. The summed E-state index contributed by atoms with van der Waals surface area (Å²) in [6.07, 6.45) is -1.40. The first-order valence-electron chi connectivity index (χ1n) is 6.09. The van der Waals surface area contributed by atoms with Crippen molar-refractivity contribution in [2.75, 3.05) is 13.7 Å². The van der Waals surface area contributed by atoms with E-state index in [4.69, 9.17) is 10.5 Å². The van der Waals surface area contributed by atoms with Gasteiger partial charge in [0.05, 0.1) is 19.9 Å². The predicted octanol–water partition coefficient (Wildman–Crippen LogP) is 2.42. The van der Waals surface area contributed by atoms with Gasteiger partial charge in [0, 0.05) is 29.9 Å². The Labute approximate surface area is 119 Å². The molecule has 1 aromatic heterocycles. The molecular formula is C13H14F3N3O2. The van der Waals surface area contributed by atoms with Crippen LogP contribution in [0.1, 0.15) is 0 Å². The molecule has 0 bridgehead atoms. The van der Waals surface area contributed by atoms with Crippen LogP contribution < -0.4 is 15.2 Å². The van der Waals surface area contributed by atoms with Crippen LogP contribution in [0.15, 0.2) is 30.6 Å². The number of aromatic nitrogens is 2. The molecule has 1 heterocycles. The van der Waals surface area contributed by atoms with Gasteiger partial charge in [-0.05, 0) is 12.1 Å². The summed E-state index contributed by atoms with van der Waals surface area (Å²) in [6.45, 7) is 0.994. The van der Waals surface area contributed by atoms with E-state index in [1.54, 1.807) is 17.1 Å². The third kappa shape index (κ3) is 3.88. The molecule has 5 nitrogen and oxygen atoms in total. The van der Waals surface area contributed by atoms with E-state index in [0.29, 0.717) is 18.7 Å². The number of halogens is 3. The molecule has 114 valence electrons. The van der Waals surface area contributed by atoms with Crippen LogP contribution in [0.2, 0.25) is 0 Å². The predicted molar refractivity (Wildman–Crippen MR) is 70.0 cm³/mol. The van der Waals surface area contributed by atoms with E-state index in [1.807, 2.05) is 0 Å². The van der Waals surface area contributed by atoms with Crippen LogP contribution >= 0.6 is 0 Å². The van der Waals surface area contributed by atoms with Crippen LogP contribution in [-0.2, 0) is 6.54 Å². The Bertz CT molecular complexity index is 611. The van der Waals surface area contributed by atoms with Crippen molar-refractivity contribution in [3.63, 3.8) is 0 Å². The zero-order valence-electron chi connectivity index (χ0n) is 11.2. The highest BCUT2D eigenvalue weighted by molar-refractivity contribution is 5.70. The van der Waals surface area contributed by atoms with E-state index in [0.717, 1.165) is 5.56 Å². The molecule has 0 aliphatic carbocycles. The van der Waals surface area contributed by atoms with E-state index in [9.17, 15) is 13.2 Å². The van der Waals surface area contributed by atoms with Gasteiger partial charge in [-0.3, -0.25) is 4.68 Å². The fourth-order valence-corrected chi connectivity index (χ4v) is 1.86. The van der Waals surface area contributed by atoms with Gasteiger partial charge in [-0.25, -0.2) is 0 Å². The molecular weight excluding hydrogens is 287 g/mol. The fourth-order valence-electron chi connectivity index (χ4n) is 1.86. The molecule has 0 spiro atoms. The highest BCUT2D eigenvalue weighted by Gasteiger charge is 2.31. The Hall–Kier alpha value is -2.22. The number of hydrogen-bond acceptors (Lipinski definition) is 4. The maximum atomic E-state index is 12.2. The molecule has 0 saturated heterocycles. The number of nitrogens with zero attached hydrogens (tertiary/aromatic N) is 2. The topological polar surface area (TPSA) is 62.3 Å². The van der Waals surface area contributed by atoms with Crippen molar-refractivity contribution in [2.24, 2.45) is 5.73 Å². The summed E-state index contributed by atoms with van der Waals surface area (Å²) in [7, 11) is 1.38. The zero-order chi connectivity index (χ0) is 15.5. The van der Waals surface area contributed by atoms with Gasteiger partial charge in [0.2, 0.25) is 0 Å². The minimum absolute atomic E-state index is 0.268. The molecule has 21 heavy (non-hydrogen) atoms. The Balaban J connectivity index is 2.31. The molecule has 0 saturated carbocycles. The van der Waals surface area contributed by atoms with Crippen LogP contribution in [0.25, 0.3) is 11.1 Å². The van der Waals surface area contributed by atoms with Crippen LogP contribution in [-0.4, -0.2) is 29.8 Å². The normalized spacial score (nSPS) is 11.5. The molecule has 0 unspecified atom stereocenters. The summed E-state index contributed by atoms with van der Waals surface area (Å²) >= 11 is 0. The van der Waals surface area contributed by atoms with Gasteiger partial charge in [-0.1, -0.05) is 0 Å². The second-order valence-electron chi connectivity index (χ2n) is 4.19. The van der Waals surface area contributed by atoms with E-state index < -0.39 is 6.36 Å². The van der Waals surface area contributed by atoms with Gasteiger partial charge in [0.15, 0.2) is 0 Å². The quantitative estimate of drug-likeness (QED) is 0.921. The molecule has 0 atom stereocenters. The summed E-state index contributed by atoms with van der Waals surface area (Å²) in [4.78, 5) is 0. The van der Waals surface area contributed by atoms with Crippen LogP contribution in [0.3, 0.4) is 0 Å². The number of nitrogens with two attached hydrogens (primary N) is 1. The second-order valence-corrected chi connectivity index (χ2v) is 4.19. The summed E-state index contributed by atoms with van der Waals surface area (Å²) in [5.74, 6) is -0.0681. The van der Waals surface area contributed by atoms with Gasteiger partial charge < -0.3 is 15.2 Å². The molecule has 0 radical (unpaired) electrons. The Kier molecular flexibility index (Phi) is 4.37. The van der Waals surface area contributed by atoms with Crippen molar-refractivity contribution in [2.45, 2.75) is 12.9 Å². The van der Waals surface area contributed by atoms with Gasteiger partial charge >= 0.3 is 6.36 Å². The lowest BCUT2D eigenvalue weighted by molar-refractivity contribution is -0.274. The first kappa shape index (κ1) is 15.2. The van der Waals surface area contributed by atoms with Crippen LogP contribution in [0, 0.1) is 0 Å². The minimum Gasteiger partial charge on any atom is -0.496 e. The molecule has 0 aliphatic heterocycles. The molecule has 0 amide bonds. The molecule has 2 N–H and O–H groups in total. The number of alkyl halides is 3. The first-order valence-corrected chi connectivity index (χ1v) is 6.09. The van der Waals surface area contributed by atoms with Crippen molar-refractivity contribution in [1.82, 2.24) is 9.78 Å². The number of hydrogen-bond donors (Lipinski definition) is 1. The number of benzene rings is 1. The Morgan fingerprint density at radius 3 is 2.71 bits per heavy atom. The van der Waals surface area contributed by atoms with E-state index in [1.165, 1.54) is 25.3 Å². The van der Waals surface area contributed by atoms with Crippen molar-refractivity contribution >= 4 is 0 Å². The summed E-state index contributed by atoms with van der Waals surface area (Å²) in [5.41, 5.74) is 6.78. The van der Waals surface area contributed by atoms with Crippen LogP contribution in [0.4, 0.5) is 13.2 Å². The standard InChI is InChI=1S/C13H14F3N3O2/c1-20-12-6-10(21-13(14,15)16)2-3-11(12)9-7-18-19(8-9)5-4-17/h2-3,6-8H,4-5,17H2,1H3. The minimum atomic E-state index is -4.74. The third-order valence-electron chi connectivity index (χ3n) is 2.71. The fraction of sp³-hybridized carbons (Fsp3) is 0.308. The number of rotatable bonds is 5. The van der Waals surface area contributed by atoms with Crippen LogP contribution in [0.5, 0.6) is 11.5 Å². The van der Waals surface area contributed by atoms with Crippen molar-refractivity contribution in [1.29, 1.82) is 0 Å². The molecule has 2 rings (SSSR count). The maximum Gasteiger partial charge on any atom is 0.573 e. The molecule has 0 aliphatic rings. The largest absolute Gasteiger partial charge is 0.573 e. The smallest absolute Gasteiger partial charge is 0.496 e. The van der Waals surface area contributed by atoms with Crippen molar-refractivity contribution in [3.8, 4) is 22.6 Å². The highest BCUT2D eigenvalue weighted by atomic mass is 19.4. The lowest BCUT2D eigenvalue weighted by Crippen LogP contribution is -2.17. The van der Waals surface area contributed by atoms with Gasteiger partial charge in [0.1, 0.15) is 11.5 Å². The van der Waals surface area contributed by atoms with Crippen molar-refractivity contribution in [3.05, 3.63) is 30.6 Å². The molecule has 2 aromatic rings. The number of ether oxygens (including phenoxy) is 2. The summed E-state index contributed by atoms with van der Waals surface area (Å²) < 4.78 is 47.2. The third-order valence-corrected chi connectivity index (χ3v) is 2.71. The Morgan fingerprint density at radius 2 is 2.10 bits per heavy atom. The van der Waals surface area contributed by atoms with Gasteiger partial charge in [-0.2, -0.15) is 5.10 Å². The zero-order valence-corrected chi connectivity index (χ0v) is 11.2. The lowest BCUT2D eigenvalue weighted by atomic mass is 10.1. The van der Waals surface area contributed by atoms with Gasteiger partial charge in [0.25, 0.3) is 0 Å². The highest BCUT2D eigenvalue weighted by Crippen LogP contribution is 2.34. The molecule has 0 fully saturated rings. The SMILES string of the molecule is COc1cc(OC(F)(F)F)ccc1-c1cnn(CCN)c1. The maximum absolute atomic E-state index is 12.2.